The molecule has 0 atom stereocenters. The van der Waals surface area contributed by atoms with Gasteiger partial charge in [0.1, 0.15) is 23.0 Å². The van der Waals surface area contributed by atoms with E-state index >= 15 is 0 Å². The first-order valence-electron chi connectivity index (χ1n) is 6.31. The van der Waals surface area contributed by atoms with Crippen LogP contribution in [0.1, 0.15) is 25.0 Å². The van der Waals surface area contributed by atoms with Gasteiger partial charge in [-0.05, 0) is 12.1 Å². The normalized spacial score (nSPS) is 11.7. The van der Waals surface area contributed by atoms with Crippen LogP contribution in [0, 0.1) is 0 Å². The van der Waals surface area contributed by atoms with Crippen LogP contribution in [0.2, 0.25) is 20.1 Å². The van der Waals surface area contributed by atoms with E-state index in [-0.39, 0.29) is 31.2 Å². The molecule has 23 heavy (non-hydrogen) atoms. The van der Waals surface area contributed by atoms with Gasteiger partial charge in [-0.15, -0.1) is 0 Å². The van der Waals surface area contributed by atoms with E-state index in [1.54, 1.807) is 0 Å². The van der Waals surface area contributed by atoms with Gasteiger partial charge in [0.2, 0.25) is 0 Å². The van der Waals surface area contributed by atoms with Crippen LogP contribution < -0.4 is 0 Å². The zero-order chi connectivity index (χ0) is 17.7. The van der Waals surface area contributed by atoms with Gasteiger partial charge in [0.25, 0.3) is 0 Å². The van der Waals surface area contributed by atoms with E-state index in [1.165, 1.54) is 26.0 Å². The van der Waals surface area contributed by atoms with E-state index < -0.39 is 28.4 Å². The second kappa shape index (κ2) is 6.02. The van der Waals surface area contributed by atoms with Gasteiger partial charge in [-0.1, -0.05) is 60.3 Å². The highest BCUT2D eigenvalue weighted by molar-refractivity contribution is 6.37. The van der Waals surface area contributed by atoms with Crippen molar-refractivity contribution in [1.29, 1.82) is 0 Å². The smallest absolute Gasteiger partial charge is 0.142 e. The van der Waals surface area contributed by atoms with Crippen molar-refractivity contribution in [3.8, 4) is 23.0 Å². The summed E-state index contributed by atoms with van der Waals surface area (Å²) in [5, 5.41) is 40.6. The predicted molar refractivity (Wildman–Crippen MR) is 91.7 cm³/mol. The topological polar surface area (TPSA) is 80.9 Å². The number of benzene rings is 2. The van der Waals surface area contributed by atoms with Crippen LogP contribution in [0.25, 0.3) is 0 Å². The average Bonchev–Trinajstić information content (AvgIpc) is 2.43. The van der Waals surface area contributed by atoms with Crippen LogP contribution in [-0.4, -0.2) is 20.4 Å². The molecule has 2 rings (SSSR count). The molecular weight excluding hydrogens is 386 g/mol. The van der Waals surface area contributed by atoms with Gasteiger partial charge in [-0.3, -0.25) is 0 Å². The van der Waals surface area contributed by atoms with Crippen molar-refractivity contribution in [1.82, 2.24) is 0 Å². The lowest BCUT2D eigenvalue weighted by atomic mass is 9.76. The molecule has 0 saturated heterocycles. The Morgan fingerprint density at radius 3 is 1.04 bits per heavy atom. The van der Waals surface area contributed by atoms with Crippen molar-refractivity contribution in [2.45, 2.75) is 19.3 Å². The van der Waals surface area contributed by atoms with Gasteiger partial charge in [-0.2, -0.15) is 0 Å². The largest absolute Gasteiger partial charge is 0.506 e. The molecule has 2 aromatic carbocycles. The maximum Gasteiger partial charge on any atom is 0.142 e. The van der Waals surface area contributed by atoms with Crippen LogP contribution in [0.5, 0.6) is 23.0 Å². The third kappa shape index (κ3) is 2.85. The molecule has 0 saturated carbocycles. The highest BCUT2D eigenvalue weighted by atomic mass is 35.5. The van der Waals surface area contributed by atoms with Crippen LogP contribution in [-0.2, 0) is 5.41 Å². The lowest BCUT2D eigenvalue weighted by Gasteiger charge is -2.30. The van der Waals surface area contributed by atoms with Crippen LogP contribution in [0.15, 0.2) is 12.1 Å². The summed E-state index contributed by atoms with van der Waals surface area (Å²) in [5.74, 6) is -1.75. The SMILES string of the molecule is CC(C)(c1c(O)c(Cl)cc(Cl)c1O)c1c(O)c(Cl)cc(Cl)c1O. The fraction of sp³-hybridized carbons (Fsp3) is 0.200. The minimum atomic E-state index is -1.33. The van der Waals surface area contributed by atoms with Crippen molar-refractivity contribution in [2.24, 2.45) is 0 Å². The summed E-state index contributed by atoms with van der Waals surface area (Å²) in [4.78, 5) is 0. The fourth-order valence-electron chi connectivity index (χ4n) is 2.51. The predicted octanol–water partition coefficient (Wildman–Crippen LogP) is 5.45. The van der Waals surface area contributed by atoms with E-state index in [9.17, 15) is 20.4 Å². The molecule has 0 aliphatic rings. The molecule has 0 aromatic heterocycles. The minimum Gasteiger partial charge on any atom is -0.506 e. The van der Waals surface area contributed by atoms with Crippen LogP contribution in [0.3, 0.4) is 0 Å². The number of phenolic OH excluding ortho intramolecular Hbond substituents is 4. The van der Waals surface area contributed by atoms with Crippen LogP contribution in [0.4, 0.5) is 0 Å². The Bertz CT molecular complexity index is 685. The molecule has 0 aliphatic heterocycles. The summed E-state index contributed by atoms with van der Waals surface area (Å²) in [6, 6.07) is 2.36. The number of rotatable bonds is 2. The molecule has 2 aromatic rings. The summed E-state index contributed by atoms with van der Waals surface area (Å²) in [6.07, 6.45) is 0. The molecule has 0 bridgehead atoms. The zero-order valence-corrected chi connectivity index (χ0v) is 15.0. The molecule has 0 unspecified atom stereocenters. The van der Waals surface area contributed by atoms with Crippen molar-refractivity contribution in [3.05, 3.63) is 43.4 Å². The van der Waals surface area contributed by atoms with Crippen molar-refractivity contribution in [2.75, 3.05) is 0 Å². The maximum atomic E-state index is 10.2. The highest BCUT2D eigenvalue weighted by Crippen LogP contribution is 2.54. The number of halogens is 4. The van der Waals surface area contributed by atoms with E-state index in [1.807, 2.05) is 0 Å². The third-order valence-corrected chi connectivity index (χ3v) is 4.76. The van der Waals surface area contributed by atoms with E-state index in [2.05, 4.69) is 0 Å². The molecular formula is C15H12Cl4O4. The summed E-state index contributed by atoms with van der Waals surface area (Å²) in [5.41, 5.74) is -1.50. The second-order valence-corrected chi connectivity index (χ2v) is 7.08. The number of phenols is 4. The third-order valence-electron chi connectivity index (χ3n) is 3.61. The van der Waals surface area contributed by atoms with Gasteiger partial charge in [-0.25, -0.2) is 0 Å². The van der Waals surface area contributed by atoms with Crippen molar-refractivity contribution in [3.63, 3.8) is 0 Å². The van der Waals surface area contributed by atoms with Gasteiger partial charge in [0.15, 0.2) is 0 Å². The quantitative estimate of drug-likeness (QED) is 0.543. The first kappa shape index (κ1) is 18.1. The summed E-state index contributed by atoms with van der Waals surface area (Å²) in [7, 11) is 0. The molecule has 0 heterocycles. The van der Waals surface area contributed by atoms with E-state index in [0.717, 1.165) is 0 Å². The Hall–Kier alpha value is -1.20. The molecule has 0 aliphatic carbocycles. The molecule has 8 heteroatoms. The first-order chi connectivity index (χ1) is 10.5. The summed E-state index contributed by atoms with van der Waals surface area (Å²) >= 11 is 23.6. The minimum absolute atomic E-state index is 0.0843. The van der Waals surface area contributed by atoms with Gasteiger partial charge in [0.05, 0.1) is 20.1 Å². The molecule has 0 spiro atoms. The molecule has 0 fully saturated rings. The number of hydrogen-bond donors (Lipinski definition) is 4. The van der Waals surface area contributed by atoms with Gasteiger partial charge < -0.3 is 20.4 Å². The number of hydrogen-bond acceptors (Lipinski definition) is 4. The Morgan fingerprint density at radius 2 is 0.826 bits per heavy atom. The summed E-state index contributed by atoms with van der Waals surface area (Å²) < 4.78 is 0. The van der Waals surface area contributed by atoms with Crippen molar-refractivity contribution < 1.29 is 20.4 Å². The van der Waals surface area contributed by atoms with Crippen molar-refractivity contribution >= 4 is 46.4 Å². The summed E-state index contributed by atoms with van der Waals surface area (Å²) in [6.45, 7) is 3.05. The Labute approximate surface area is 152 Å². The highest BCUT2D eigenvalue weighted by Gasteiger charge is 2.37. The standard InChI is InChI=1S/C15H12Cl4O4/c1-15(2,9-11(20)5(16)3-6(17)12(9)21)10-13(22)7(18)4-8(19)14(10)23/h3-4,20-23H,1-2H3. The molecule has 4 N–H and O–H groups in total. The monoisotopic (exact) mass is 396 g/mol. The second-order valence-electron chi connectivity index (χ2n) is 5.45. The lowest BCUT2D eigenvalue weighted by molar-refractivity contribution is 0.393. The van der Waals surface area contributed by atoms with Gasteiger partial charge in [0, 0.05) is 16.5 Å². The molecule has 0 amide bonds. The van der Waals surface area contributed by atoms with Gasteiger partial charge >= 0.3 is 0 Å². The molecule has 4 nitrogen and oxygen atoms in total. The molecule has 0 radical (unpaired) electrons. The molecule has 124 valence electrons. The zero-order valence-electron chi connectivity index (χ0n) is 12.0. The van der Waals surface area contributed by atoms with E-state index in [0.29, 0.717) is 0 Å². The average molecular weight is 398 g/mol. The lowest BCUT2D eigenvalue weighted by Crippen LogP contribution is -2.20. The van der Waals surface area contributed by atoms with E-state index in [4.69, 9.17) is 46.4 Å². The first-order valence-corrected chi connectivity index (χ1v) is 7.82. The fourth-order valence-corrected chi connectivity index (χ4v) is 3.43. The number of aromatic hydroxyl groups is 4. The maximum absolute atomic E-state index is 10.2. The van der Waals surface area contributed by atoms with Crippen LogP contribution >= 0.6 is 46.4 Å². The Kier molecular flexibility index (Phi) is 4.75. The Balaban J connectivity index is 2.90. The Morgan fingerprint density at radius 1 is 0.609 bits per heavy atom.